The minimum absolute atomic E-state index is 0.0907. The van der Waals surface area contributed by atoms with E-state index in [0.717, 1.165) is 43.1 Å². The molecule has 1 aliphatic heterocycles. The molecule has 0 N–H and O–H groups in total. The SMILES string of the molecule is CC(C(=O)N1CCCCC1)N(C)Cc1cccc(Cl)c1. The van der Waals surface area contributed by atoms with Crippen molar-refractivity contribution < 1.29 is 4.79 Å². The summed E-state index contributed by atoms with van der Waals surface area (Å²) in [5.41, 5.74) is 1.14. The van der Waals surface area contributed by atoms with Crippen molar-refractivity contribution >= 4 is 17.5 Å². The lowest BCUT2D eigenvalue weighted by molar-refractivity contribution is -0.137. The molecule has 4 heteroatoms. The van der Waals surface area contributed by atoms with Crippen LogP contribution in [0.3, 0.4) is 0 Å². The third-order valence-corrected chi connectivity index (χ3v) is 4.24. The van der Waals surface area contributed by atoms with Gasteiger partial charge in [0.05, 0.1) is 6.04 Å². The monoisotopic (exact) mass is 294 g/mol. The molecule has 1 saturated heterocycles. The molecule has 1 unspecified atom stereocenters. The number of rotatable bonds is 4. The van der Waals surface area contributed by atoms with Crippen LogP contribution >= 0.6 is 11.6 Å². The smallest absolute Gasteiger partial charge is 0.239 e. The lowest BCUT2D eigenvalue weighted by atomic mass is 10.1. The Labute approximate surface area is 126 Å². The summed E-state index contributed by atoms with van der Waals surface area (Å²) in [6.45, 7) is 4.55. The summed E-state index contributed by atoms with van der Waals surface area (Å²) in [6.07, 6.45) is 3.52. The molecule has 2 rings (SSSR count). The van der Waals surface area contributed by atoms with Crippen LogP contribution < -0.4 is 0 Å². The van der Waals surface area contributed by atoms with Gasteiger partial charge in [0.2, 0.25) is 5.91 Å². The Bertz CT molecular complexity index is 458. The normalized spacial score (nSPS) is 17.3. The molecule has 110 valence electrons. The summed E-state index contributed by atoms with van der Waals surface area (Å²) in [7, 11) is 1.99. The molecule has 1 amide bonds. The lowest BCUT2D eigenvalue weighted by Crippen LogP contribution is -2.47. The van der Waals surface area contributed by atoms with Crippen LogP contribution in [-0.2, 0) is 11.3 Å². The highest BCUT2D eigenvalue weighted by Crippen LogP contribution is 2.15. The standard InChI is InChI=1S/C16H23ClN2O/c1-13(16(20)19-9-4-3-5-10-19)18(2)12-14-7-6-8-15(17)11-14/h6-8,11,13H,3-5,9-10,12H2,1-2H3. The van der Waals surface area contributed by atoms with Gasteiger partial charge in [-0.05, 0) is 50.9 Å². The topological polar surface area (TPSA) is 23.6 Å². The van der Waals surface area contributed by atoms with E-state index in [4.69, 9.17) is 11.6 Å². The molecule has 1 aromatic carbocycles. The Morgan fingerprint density at radius 3 is 2.70 bits per heavy atom. The van der Waals surface area contributed by atoms with E-state index in [1.807, 2.05) is 43.1 Å². The van der Waals surface area contributed by atoms with Crippen molar-refractivity contribution in [3.05, 3.63) is 34.9 Å². The van der Waals surface area contributed by atoms with Gasteiger partial charge in [-0.1, -0.05) is 23.7 Å². The first-order valence-electron chi connectivity index (χ1n) is 7.31. The summed E-state index contributed by atoms with van der Waals surface area (Å²) in [5.74, 6) is 0.245. The van der Waals surface area contributed by atoms with E-state index in [-0.39, 0.29) is 11.9 Å². The molecule has 0 spiro atoms. The molecule has 0 aromatic heterocycles. The fraction of sp³-hybridized carbons (Fsp3) is 0.562. The van der Waals surface area contributed by atoms with Crippen LogP contribution in [0.4, 0.5) is 0 Å². The van der Waals surface area contributed by atoms with Crippen LogP contribution in [0.5, 0.6) is 0 Å². The minimum atomic E-state index is -0.0907. The molecule has 1 aromatic rings. The van der Waals surface area contributed by atoms with Crippen molar-refractivity contribution in [3.63, 3.8) is 0 Å². The fourth-order valence-corrected chi connectivity index (χ4v) is 2.84. The molecule has 0 bridgehead atoms. The van der Waals surface area contributed by atoms with E-state index < -0.39 is 0 Å². The van der Waals surface area contributed by atoms with Crippen molar-refractivity contribution in [2.45, 2.75) is 38.8 Å². The maximum Gasteiger partial charge on any atom is 0.239 e. The van der Waals surface area contributed by atoms with Gasteiger partial charge in [-0.15, -0.1) is 0 Å². The second-order valence-corrected chi connectivity index (χ2v) is 6.04. The number of likely N-dealkylation sites (N-methyl/N-ethyl adjacent to an activating group) is 1. The maximum atomic E-state index is 12.5. The maximum absolute atomic E-state index is 12.5. The summed E-state index contributed by atoms with van der Waals surface area (Å²) in [6, 6.07) is 7.72. The van der Waals surface area contributed by atoms with E-state index in [1.54, 1.807) is 0 Å². The molecular formula is C16H23ClN2O. The number of piperidine rings is 1. The van der Waals surface area contributed by atoms with Gasteiger partial charge >= 0.3 is 0 Å². The number of amides is 1. The third kappa shape index (κ3) is 3.97. The summed E-state index contributed by atoms with van der Waals surface area (Å²) in [5, 5.41) is 0.742. The first-order chi connectivity index (χ1) is 9.58. The molecule has 1 aliphatic rings. The fourth-order valence-electron chi connectivity index (χ4n) is 2.63. The van der Waals surface area contributed by atoms with Crippen molar-refractivity contribution in [2.24, 2.45) is 0 Å². The van der Waals surface area contributed by atoms with Gasteiger partial charge in [0.25, 0.3) is 0 Å². The average Bonchev–Trinajstić information content (AvgIpc) is 2.46. The van der Waals surface area contributed by atoms with Crippen molar-refractivity contribution in [2.75, 3.05) is 20.1 Å². The van der Waals surface area contributed by atoms with Crippen LogP contribution in [-0.4, -0.2) is 41.9 Å². The van der Waals surface area contributed by atoms with Crippen molar-refractivity contribution in [1.29, 1.82) is 0 Å². The number of hydrogen-bond donors (Lipinski definition) is 0. The van der Waals surface area contributed by atoms with E-state index in [1.165, 1.54) is 6.42 Å². The van der Waals surface area contributed by atoms with Gasteiger partial charge in [-0.2, -0.15) is 0 Å². The quantitative estimate of drug-likeness (QED) is 0.851. The number of carbonyl (C=O) groups excluding carboxylic acids is 1. The zero-order valence-corrected chi connectivity index (χ0v) is 13.1. The second kappa shape index (κ2) is 7.09. The first kappa shape index (κ1) is 15.3. The van der Waals surface area contributed by atoms with Gasteiger partial charge in [-0.3, -0.25) is 9.69 Å². The van der Waals surface area contributed by atoms with Crippen LogP contribution in [0.25, 0.3) is 0 Å². The summed E-state index contributed by atoms with van der Waals surface area (Å²) in [4.78, 5) is 16.5. The Kier molecular flexibility index (Phi) is 5.44. The third-order valence-electron chi connectivity index (χ3n) is 4.01. The molecule has 3 nitrogen and oxygen atoms in total. The van der Waals surface area contributed by atoms with Crippen LogP contribution in [0.15, 0.2) is 24.3 Å². The Hall–Kier alpha value is -1.06. The molecule has 0 saturated carbocycles. The van der Waals surface area contributed by atoms with E-state index in [0.29, 0.717) is 0 Å². The molecule has 1 atom stereocenters. The Morgan fingerprint density at radius 1 is 1.35 bits per heavy atom. The number of nitrogens with zero attached hydrogens (tertiary/aromatic N) is 2. The van der Waals surface area contributed by atoms with Crippen LogP contribution in [0, 0.1) is 0 Å². The predicted molar refractivity (Wildman–Crippen MR) is 82.8 cm³/mol. The minimum Gasteiger partial charge on any atom is -0.341 e. The van der Waals surface area contributed by atoms with Gasteiger partial charge < -0.3 is 4.90 Å². The number of halogens is 1. The summed E-state index contributed by atoms with van der Waals surface area (Å²) >= 11 is 6.00. The molecule has 0 radical (unpaired) electrons. The van der Waals surface area contributed by atoms with Gasteiger partial charge in [0.1, 0.15) is 0 Å². The second-order valence-electron chi connectivity index (χ2n) is 5.61. The molecule has 1 fully saturated rings. The summed E-state index contributed by atoms with van der Waals surface area (Å²) < 4.78 is 0. The number of benzene rings is 1. The molecule has 0 aliphatic carbocycles. The largest absolute Gasteiger partial charge is 0.341 e. The first-order valence-corrected chi connectivity index (χ1v) is 7.69. The van der Waals surface area contributed by atoms with E-state index in [9.17, 15) is 4.79 Å². The van der Waals surface area contributed by atoms with Crippen LogP contribution in [0.1, 0.15) is 31.7 Å². The number of carbonyl (C=O) groups is 1. The highest BCUT2D eigenvalue weighted by molar-refractivity contribution is 6.30. The van der Waals surface area contributed by atoms with Gasteiger partial charge in [-0.25, -0.2) is 0 Å². The highest BCUT2D eigenvalue weighted by Gasteiger charge is 2.24. The van der Waals surface area contributed by atoms with Crippen molar-refractivity contribution in [1.82, 2.24) is 9.80 Å². The molecule has 1 heterocycles. The number of hydrogen-bond acceptors (Lipinski definition) is 2. The Morgan fingerprint density at radius 2 is 2.05 bits per heavy atom. The van der Waals surface area contributed by atoms with Gasteiger partial charge in [0.15, 0.2) is 0 Å². The Balaban J connectivity index is 1.93. The molecule has 20 heavy (non-hydrogen) atoms. The number of likely N-dealkylation sites (tertiary alicyclic amines) is 1. The van der Waals surface area contributed by atoms with Crippen molar-refractivity contribution in [3.8, 4) is 0 Å². The average molecular weight is 295 g/mol. The van der Waals surface area contributed by atoms with Gasteiger partial charge in [0, 0.05) is 24.7 Å². The zero-order valence-electron chi connectivity index (χ0n) is 12.3. The lowest BCUT2D eigenvalue weighted by Gasteiger charge is -2.32. The van der Waals surface area contributed by atoms with E-state index >= 15 is 0 Å². The zero-order chi connectivity index (χ0) is 14.5. The molecular weight excluding hydrogens is 272 g/mol. The highest BCUT2D eigenvalue weighted by atomic mass is 35.5. The predicted octanol–water partition coefficient (Wildman–Crippen LogP) is 3.17. The van der Waals surface area contributed by atoms with E-state index in [2.05, 4.69) is 4.90 Å². The van der Waals surface area contributed by atoms with Crippen LogP contribution in [0.2, 0.25) is 5.02 Å².